The van der Waals surface area contributed by atoms with Gasteiger partial charge in [-0.3, -0.25) is 0 Å². The van der Waals surface area contributed by atoms with Gasteiger partial charge in [0, 0.05) is 17.1 Å². The Morgan fingerprint density at radius 3 is 2.93 bits per heavy atom. The first-order chi connectivity index (χ1) is 7.27. The Labute approximate surface area is 104 Å². The van der Waals surface area contributed by atoms with E-state index in [9.17, 15) is 0 Å². The van der Waals surface area contributed by atoms with E-state index in [1.807, 2.05) is 30.0 Å². The first-order valence-electron chi connectivity index (χ1n) is 4.84. The van der Waals surface area contributed by atoms with E-state index in [0.29, 0.717) is 0 Å². The van der Waals surface area contributed by atoms with Crippen LogP contribution in [0.3, 0.4) is 0 Å². The molecule has 1 aromatic carbocycles. The maximum atomic E-state index is 5.17. The van der Waals surface area contributed by atoms with Gasteiger partial charge in [0.2, 0.25) is 0 Å². The van der Waals surface area contributed by atoms with Gasteiger partial charge in [0.15, 0.2) is 0 Å². The molecule has 2 nitrogen and oxygen atoms in total. The Morgan fingerprint density at radius 2 is 2.27 bits per heavy atom. The molecule has 0 bridgehead atoms. The molecule has 0 atom stereocenters. The molecule has 0 spiro atoms. The summed E-state index contributed by atoms with van der Waals surface area (Å²) in [7, 11) is 1.68. The summed E-state index contributed by atoms with van der Waals surface area (Å²) < 4.78 is 6.25. The number of hydrogen-bond acceptors (Lipinski definition) is 3. The molecule has 0 unspecified atom stereocenters. The molecule has 0 aromatic heterocycles. The highest BCUT2D eigenvalue weighted by Gasteiger charge is 2.00. The molecule has 15 heavy (non-hydrogen) atoms. The standard InChI is InChI=1S/C11H16BrNOS/c1-14-9-4-5-10(12)11(8-9)13-6-3-7-15-2/h4-5,8,13H,3,6-7H2,1-2H3. The van der Waals surface area contributed by atoms with Crippen LogP contribution in [0.5, 0.6) is 5.75 Å². The van der Waals surface area contributed by atoms with E-state index in [2.05, 4.69) is 27.5 Å². The van der Waals surface area contributed by atoms with Crippen LogP contribution in [0.25, 0.3) is 0 Å². The maximum absolute atomic E-state index is 5.17. The molecule has 0 aliphatic carbocycles. The second kappa shape index (κ2) is 7.01. The molecule has 1 aromatic rings. The molecule has 0 radical (unpaired) electrons. The molecular weight excluding hydrogens is 274 g/mol. The molecule has 84 valence electrons. The Hall–Kier alpha value is -0.350. The third-order valence-corrected chi connectivity index (χ3v) is 3.40. The van der Waals surface area contributed by atoms with Gasteiger partial charge in [-0.05, 0) is 46.5 Å². The lowest BCUT2D eigenvalue weighted by Gasteiger charge is -2.09. The number of rotatable bonds is 6. The van der Waals surface area contributed by atoms with Gasteiger partial charge in [-0.1, -0.05) is 0 Å². The van der Waals surface area contributed by atoms with Gasteiger partial charge in [-0.2, -0.15) is 11.8 Å². The van der Waals surface area contributed by atoms with Crippen LogP contribution in [-0.2, 0) is 0 Å². The highest BCUT2D eigenvalue weighted by Crippen LogP contribution is 2.26. The van der Waals surface area contributed by atoms with E-state index in [0.717, 1.165) is 22.5 Å². The molecule has 0 fully saturated rings. The summed E-state index contributed by atoms with van der Waals surface area (Å²) in [6.07, 6.45) is 3.30. The number of halogens is 1. The van der Waals surface area contributed by atoms with Crippen molar-refractivity contribution in [3.05, 3.63) is 22.7 Å². The van der Waals surface area contributed by atoms with Crippen molar-refractivity contribution in [2.24, 2.45) is 0 Å². The quantitative estimate of drug-likeness (QED) is 0.808. The highest BCUT2D eigenvalue weighted by atomic mass is 79.9. The van der Waals surface area contributed by atoms with Gasteiger partial charge in [0.1, 0.15) is 5.75 Å². The van der Waals surface area contributed by atoms with Crippen LogP contribution in [0.15, 0.2) is 22.7 Å². The van der Waals surface area contributed by atoms with Crippen molar-refractivity contribution in [3.63, 3.8) is 0 Å². The van der Waals surface area contributed by atoms with Crippen LogP contribution in [0.1, 0.15) is 6.42 Å². The van der Waals surface area contributed by atoms with E-state index < -0.39 is 0 Å². The summed E-state index contributed by atoms with van der Waals surface area (Å²) >= 11 is 5.38. The molecule has 0 aliphatic rings. The Balaban J connectivity index is 2.51. The lowest BCUT2D eigenvalue weighted by Crippen LogP contribution is -2.03. The molecule has 1 rings (SSSR count). The zero-order valence-electron chi connectivity index (χ0n) is 9.05. The van der Waals surface area contributed by atoms with Crippen molar-refractivity contribution in [3.8, 4) is 5.75 Å². The molecule has 0 saturated carbocycles. The lowest BCUT2D eigenvalue weighted by molar-refractivity contribution is 0.415. The third kappa shape index (κ3) is 4.34. The Bertz CT molecular complexity index is 307. The SMILES string of the molecule is COc1ccc(Br)c(NCCCSC)c1. The monoisotopic (exact) mass is 289 g/mol. The van der Waals surface area contributed by atoms with Crippen molar-refractivity contribution >= 4 is 33.4 Å². The first-order valence-corrected chi connectivity index (χ1v) is 7.03. The third-order valence-electron chi connectivity index (χ3n) is 2.01. The molecule has 4 heteroatoms. The molecule has 0 saturated heterocycles. The summed E-state index contributed by atoms with van der Waals surface area (Å²) in [5, 5.41) is 3.38. The largest absolute Gasteiger partial charge is 0.497 e. The van der Waals surface area contributed by atoms with E-state index in [-0.39, 0.29) is 0 Å². The molecular formula is C11H16BrNOS. The van der Waals surface area contributed by atoms with Crippen LogP contribution in [0.2, 0.25) is 0 Å². The number of nitrogens with one attached hydrogen (secondary N) is 1. The van der Waals surface area contributed by atoms with Crippen LogP contribution < -0.4 is 10.1 Å². The fourth-order valence-electron chi connectivity index (χ4n) is 1.21. The minimum absolute atomic E-state index is 0.880. The average molecular weight is 290 g/mol. The van der Waals surface area contributed by atoms with Crippen LogP contribution in [-0.4, -0.2) is 25.7 Å². The van der Waals surface area contributed by atoms with E-state index in [1.165, 1.54) is 12.2 Å². The summed E-state index contributed by atoms with van der Waals surface area (Å²) in [5.41, 5.74) is 1.09. The summed E-state index contributed by atoms with van der Waals surface area (Å²) in [6.45, 7) is 0.993. The van der Waals surface area contributed by atoms with Gasteiger partial charge in [0.05, 0.1) is 12.8 Å². The van der Waals surface area contributed by atoms with Crippen LogP contribution >= 0.6 is 27.7 Å². The van der Waals surface area contributed by atoms with E-state index in [4.69, 9.17) is 4.74 Å². The zero-order valence-corrected chi connectivity index (χ0v) is 11.5. The molecule has 0 heterocycles. The molecule has 0 aliphatic heterocycles. The van der Waals surface area contributed by atoms with Crippen molar-refractivity contribution < 1.29 is 4.74 Å². The maximum Gasteiger partial charge on any atom is 0.121 e. The second-order valence-corrected chi connectivity index (χ2v) is 4.96. The summed E-state index contributed by atoms with van der Waals surface area (Å²) in [5.74, 6) is 2.07. The Kier molecular flexibility index (Phi) is 5.95. The number of hydrogen-bond donors (Lipinski definition) is 1. The minimum atomic E-state index is 0.880. The van der Waals surface area contributed by atoms with Gasteiger partial charge in [-0.25, -0.2) is 0 Å². The number of methoxy groups -OCH3 is 1. The normalized spacial score (nSPS) is 10.1. The average Bonchev–Trinajstić information content (AvgIpc) is 2.26. The smallest absolute Gasteiger partial charge is 0.121 e. The fraction of sp³-hybridized carbons (Fsp3) is 0.455. The van der Waals surface area contributed by atoms with Gasteiger partial charge < -0.3 is 10.1 Å². The zero-order chi connectivity index (χ0) is 11.1. The van der Waals surface area contributed by atoms with Crippen LogP contribution in [0, 0.1) is 0 Å². The van der Waals surface area contributed by atoms with Gasteiger partial charge >= 0.3 is 0 Å². The number of anilines is 1. The van der Waals surface area contributed by atoms with Crippen molar-refractivity contribution in [1.82, 2.24) is 0 Å². The van der Waals surface area contributed by atoms with E-state index >= 15 is 0 Å². The highest BCUT2D eigenvalue weighted by molar-refractivity contribution is 9.10. The summed E-state index contributed by atoms with van der Waals surface area (Å²) in [4.78, 5) is 0. The summed E-state index contributed by atoms with van der Waals surface area (Å²) in [6, 6.07) is 5.94. The van der Waals surface area contributed by atoms with Crippen LogP contribution in [0.4, 0.5) is 5.69 Å². The van der Waals surface area contributed by atoms with Gasteiger partial charge in [0.25, 0.3) is 0 Å². The second-order valence-electron chi connectivity index (χ2n) is 3.12. The van der Waals surface area contributed by atoms with E-state index in [1.54, 1.807) is 7.11 Å². The lowest BCUT2D eigenvalue weighted by atomic mass is 10.3. The fourth-order valence-corrected chi connectivity index (χ4v) is 2.03. The number of benzene rings is 1. The minimum Gasteiger partial charge on any atom is -0.497 e. The number of ether oxygens (including phenoxy) is 1. The topological polar surface area (TPSA) is 21.3 Å². The van der Waals surface area contributed by atoms with Gasteiger partial charge in [-0.15, -0.1) is 0 Å². The Morgan fingerprint density at radius 1 is 1.47 bits per heavy atom. The first kappa shape index (κ1) is 12.7. The van der Waals surface area contributed by atoms with Crippen molar-refractivity contribution in [1.29, 1.82) is 0 Å². The number of thioether (sulfide) groups is 1. The molecule has 0 amide bonds. The van der Waals surface area contributed by atoms with Crippen molar-refractivity contribution in [2.75, 3.05) is 31.0 Å². The predicted octanol–water partition coefficient (Wildman–Crippen LogP) is 3.62. The predicted molar refractivity (Wildman–Crippen MR) is 72.2 cm³/mol. The molecule has 1 N–H and O–H groups in total. The van der Waals surface area contributed by atoms with Crippen molar-refractivity contribution in [2.45, 2.75) is 6.42 Å².